The summed E-state index contributed by atoms with van der Waals surface area (Å²) in [5, 5.41) is 0. The summed E-state index contributed by atoms with van der Waals surface area (Å²) in [4.78, 5) is 12.5. The smallest absolute Gasteiger partial charge is 0.310 e. The summed E-state index contributed by atoms with van der Waals surface area (Å²) >= 11 is 15.0. The zero-order chi connectivity index (χ0) is 18.9. The molecular formula is C21H19BrCl2O2. The maximum atomic E-state index is 12.5. The van der Waals surface area contributed by atoms with Gasteiger partial charge in [-0.3, -0.25) is 4.79 Å². The fraction of sp³-hybridized carbons (Fsp3) is 0.286. The van der Waals surface area contributed by atoms with Gasteiger partial charge in [-0.25, -0.2) is 0 Å². The summed E-state index contributed by atoms with van der Waals surface area (Å²) in [7, 11) is 0. The van der Waals surface area contributed by atoms with Gasteiger partial charge in [-0.05, 0) is 40.7 Å². The van der Waals surface area contributed by atoms with E-state index in [1.165, 1.54) is 0 Å². The SMILES string of the molecule is CC1(C)[C@H](C(=O)OCc2cc(-c3ccccc3)ccc2Br)[C@@H]1C=C(Cl)Cl. The minimum atomic E-state index is -0.220. The van der Waals surface area contributed by atoms with Gasteiger partial charge in [0.05, 0.1) is 5.92 Å². The number of esters is 1. The Kier molecular flexibility index (Phi) is 5.81. The van der Waals surface area contributed by atoms with E-state index in [9.17, 15) is 4.79 Å². The van der Waals surface area contributed by atoms with Gasteiger partial charge in [0, 0.05) is 10.0 Å². The van der Waals surface area contributed by atoms with Gasteiger partial charge in [0.2, 0.25) is 0 Å². The average Bonchev–Trinajstić information content (AvgIpc) is 3.14. The second kappa shape index (κ2) is 7.75. The van der Waals surface area contributed by atoms with Crippen molar-refractivity contribution in [3.8, 4) is 11.1 Å². The molecule has 2 aromatic carbocycles. The third-order valence-corrected chi connectivity index (χ3v) is 6.02. The van der Waals surface area contributed by atoms with Crippen molar-refractivity contribution < 1.29 is 9.53 Å². The molecule has 3 rings (SSSR count). The monoisotopic (exact) mass is 452 g/mol. The average molecular weight is 454 g/mol. The van der Waals surface area contributed by atoms with Crippen LogP contribution in [0, 0.1) is 17.3 Å². The molecule has 0 heterocycles. The molecule has 0 saturated heterocycles. The molecule has 5 heteroatoms. The maximum absolute atomic E-state index is 12.5. The predicted octanol–water partition coefficient (Wildman–Crippen LogP) is 6.75. The number of carbonyl (C=O) groups excluding carboxylic acids is 1. The number of hydrogen-bond donors (Lipinski definition) is 0. The molecule has 2 atom stereocenters. The van der Waals surface area contributed by atoms with Gasteiger partial charge in [0.1, 0.15) is 11.1 Å². The summed E-state index contributed by atoms with van der Waals surface area (Å²) in [6.45, 7) is 4.25. The first kappa shape index (κ1) is 19.5. The van der Waals surface area contributed by atoms with Crippen LogP contribution in [0.1, 0.15) is 19.4 Å². The lowest BCUT2D eigenvalue weighted by Gasteiger charge is -2.10. The molecule has 0 aliphatic heterocycles. The van der Waals surface area contributed by atoms with Crippen molar-refractivity contribution in [3.05, 3.63) is 69.1 Å². The summed E-state index contributed by atoms with van der Waals surface area (Å²) in [5.41, 5.74) is 2.95. The van der Waals surface area contributed by atoms with Crippen LogP contribution in [-0.4, -0.2) is 5.97 Å². The normalized spacial score (nSPS) is 20.3. The van der Waals surface area contributed by atoms with Crippen molar-refractivity contribution in [2.45, 2.75) is 20.5 Å². The van der Waals surface area contributed by atoms with E-state index in [-0.39, 0.29) is 34.3 Å². The quantitative estimate of drug-likeness (QED) is 0.468. The van der Waals surface area contributed by atoms with Gasteiger partial charge in [0.25, 0.3) is 0 Å². The third kappa shape index (κ3) is 4.16. The molecule has 136 valence electrons. The molecule has 26 heavy (non-hydrogen) atoms. The van der Waals surface area contributed by atoms with Crippen LogP contribution in [-0.2, 0) is 16.1 Å². The summed E-state index contributed by atoms with van der Waals surface area (Å²) in [6, 6.07) is 16.2. The number of hydrogen-bond acceptors (Lipinski definition) is 2. The van der Waals surface area contributed by atoms with Crippen molar-refractivity contribution >= 4 is 45.1 Å². The van der Waals surface area contributed by atoms with Gasteiger partial charge < -0.3 is 4.74 Å². The van der Waals surface area contributed by atoms with Crippen LogP contribution in [0.2, 0.25) is 0 Å². The first-order chi connectivity index (χ1) is 12.3. The molecule has 0 radical (unpaired) electrons. The largest absolute Gasteiger partial charge is 0.461 e. The number of halogens is 3. The topological polar surface area (TPSA) is 26.3 Å². The molecule has 0 bridgehead atoms. The van der Waals surface area contributed by atoms with E-state index in [1.807, 2.05) is 50.2 Å². The zero-order valence-corrected chi connectivity index (χ0v) is 17.6. The lowest BCUT2D eigenvalue weighted by Crippen LogP contribution is -2.11. The molecule has 2 aromatic rings. The van der Waals surface area contributed by atoms with Gasteiger partial charge >= 0.3 is 5.97 Å². The van der Waals surface area contributed by atoms with Gasteiger partial charge in [0.15, 0.2) is 0 Å². The second-order valence-electron chi connectivity index (χ2n) is 7.06. The van der Waals surface area contributed by atoms with Gasteiger partial charge in [-0.2, -0.15) is 0 Å². The van der Waals surface area contributed by atoms with E-state index in [2.05, 4.69) is 28.1 Å². The van der Waals surface area contributed by atoms with Crippen LogP contribution in [0.4, 0.5) is 0 Å². The van der Waals surface area contributed by atoms with Crippen LogP contribution in [0.5, 0.6) is 0 Å². The highest BCUT2D eigenvalue weighted by atomic mass is 79.9. The van der Waals surface area contributed by atoms with Crippen molar-refractivity contribution in [2.24, 2.45) is 17.3 Å². The molecule has 2 nitrogen and oxygen atoms in total. The van der Waals surface area contributed by atoms with E-state index < -0.39 is 0 Å². The van der Waals surface area contributed by atoms with Crippen molar-refractivity contribution in [1.82, 2.24) is 0 Å². The Morgan fingerprint density at radius 1 is 1.15 bits per heavy atom. The third-order valence-electron chi connectivity index (χ3n) is 4.99. The molecule has 0 aromatic heterocycles. The Morgan fingerprint density at radius 3 is 2.50 bits per heavy atom. The summed E-state index contributed by atoms with van der Waals surface area (Å²) in [5.74, 6) is -0.423. The van der Waals surface area contributed by atoms with E-state index >= 15 is 0 Å². The minimum absolute atomic E-state index is 0.0130. The molecule has 0 N–H and O–H groups in total. The molecular weight excluding hydrogens is 435 g/mol. The summed E-state index contributed by atoms with van der Waals surface area (Å²) in [6.07, 6.45) is 1.72. The Labute approximate surface area is 172 Å². The lowest BCUT2D eigenvalue weighted by atomic mass is 10.0. The molecule has 1 fully saturated rings. The zero-order valence-electron chi connectivity index (χ0n) is 14.5. The van der Waals surface area contributed by atoms with E-state index in [0.717, 1.165) is 21.2 Å². The van der Waals surface area contributed by atoms with Crippen LogP contribution < -0.4 is 0 Å². The fourth-order valence-corrected chi connectivity index (χ4v) is 3.94. The number of rotatable bonds is 5. The highest BCUT2D eigenvalue weighted by molar-refractivity contribution is 9.10. The first-order valence-electron chi connectivity index (χ1n) is 8.34. The standard InChI is InChI=1S/C21H19BrCl2O2/c1-21(2)16(11-18(23)24)19(21)20(25)26-12-15-10-14(8-9-17(15)22)13-6-4-3-5-7-13/h3-11,16,19H,12H2,1-2H3/t16-,19-/m0/s1. The highest BCUT2D eigenvalue weighted by Crippen LogP contribution is 2.60. The molecule has 1 aliphatic carbocycles. The minimum Gasteiger partial charge on any atom is -0.461 e. The number of ether oxygens (including phenoxy) is 1. The van der Waals surface area contributed by atoms with Crippen molar-refractivity contribution in [2.75, 3.05) is 0 Å². The molecule has 0 spiro atoms. The molecule has 0 amide bonds. The number of allylic oxidation sites excluding steroid dienone is 1. The maximum Gasteiger partial charge on any atom is 0.310 e. The van der Waals surface area contributed by atoms with Crippen molar-refractivity contribution in [3.63, 3.8) is 0 Å². The van der Waals surface area contributed by atoms with Crippen LogP contribution in [0.15, 0.2) is 63.6 Å². The van der Waals surface area contributed by atoms with Gasteiger partial charge in [-0.15, -0.1) is 0 Å². The van der Waals surface area contributed by atoms with Crippen LogP contribution >= 0.6 is 39.1 Å². The van der Waals surface area contributed by atoms with Gasteiger partial charge in [-0.1, -0.05) is 89.4 Å². The van der Waals surface area contributed by atoms with Crippen LogP contribution in [0.3, 0.4) is 0 Å². The second-order valence-corrected chi connectivity index (χ2v) is 8.92. The number of benzene rings is 2. The van der Waals surface area contributed by atoms with E-state index in [0.29, 0.717) is 0 Å². The Hall–Kier alpha value is -1.29. The Bertz CT molecular complexity index is 842. The molecule has 1 aliphatic rings. The fourth-order valence-electron chi connectivity index (χ4n) is 3.31. The van der Waals surface area contributed by atoms with E-state index in [4.69, 9.17) is 27.9 Å². The molecule has 0 unspecified atom stereocenters. The highest BCUT2D eigenvalue weighted by Gasteiger charge is 2.61. The van der Waals surface area contributed by atoms with E-state index in [1.54, 1.807) is 6.08 Å². The molecule has 1 saturated carbocycles. The Balaban J connectivity index is 1.70. The Morgan fingerprint density at radius 2 is 1.85 bits per heavy atom. The lowest BCUT2D eigenvalue weighted by molar-refractivity contribution is -0.147. The summed E-state index contributed by atoms with van der Waals surface area (Å²) < 4.78 is 6.70. The first-order valence-corrected chi connectivity index (χ1v) is 9.89. The number of carbonyl (C=O) groups is 1. The van der Waals surface area contributed by atoms with Crippen LogP contribution in [0.25, 0.3) is 11.1 Å². The predicted molar refractivity (Wildman–Crippen MR) is 110 cm³/mol. The van der Waals surface area contributed by atoms with Crippen molar-refractivity contribution in [1.29, 1.82) is 0 Å².